The molecule has 0 saturated carbocycles. The van der Waals surface area contributed by atoms with E-state index in [1.165, 1.54) is 18.3 Å². The van der Waals surface area contributed by atoms with Gasteiger partial charge in [-0.3, -0.25) is 4.72 Å². The number of methoxy groups -OCH3 is 1. The molecule has 0 bridgehead atoms. The molecular weight excluding hydrogens is 376 g/mol. The van der Waals surface area contributed by atoms with Crippen LogP contribution in [0.2, 0.25) is 0 Å². The van der Waals surface area contributed by atoms with E-state index < -0.39 is 21.7 Å². The van der Waals surface area contributed by atoms with Crippen molar-refractivity contribution in [2.45, 2.75) is 43.7 Å². The van der Waals surface area contributed by atoms with Crippen LogP contribution in [0.1, 0.15) is 27.2 Å². The first-order chi connectivity index (χ1) is 12.5. The van der Waals surface area contributed by atoms with Gasteiger partial charge in [0.05, 0.1) is 11.3 Å². The molecule has 0 spiro atoms. The smallest absolute Gasteiger partial charge is 0.263 e. The van der Waals surface area contributed by atoms with Crippen LogP contribution in [0.4, 0.5) is 20.3 Å². The number of hydrogen-bond donors (Lipinski definition) is 2. The third-order valence-corrected chi connectivity index (χ3v) is 5.33. The van der Waals surface area contributed by atoms with E-state index in [1.54, 1.807) is 7.11 Å². The Morgan fingerprint density at radius 1 is 1.19 bits per heavy atom. The van der Waals surface area contributed by atoms with Crippen molar-refractivity contribution in [2.24, 2.45) is 0 Å². The number of ether oxygens (including phenoxy) is 1. The molecule has 2 N–H and O–H groups in total. The summed E-state index contributed by atoms with van der Waals surface area (Å²) in [6.07, 6.45) is 1.92. The lowest BCUT2D eigenvalue weighted by molar-refractivity contribution is 0.0128. The van der Waals surface area contributed by atoms with Gasteiger partial charge in [0.25, 0.3) is 10.0 Å². The van der Waals surface area contributed by atoms with Gasteiger partial charge in [0.15, 0.2) is 11.6 Å². The van der Waals surface area contributed by atoms with Crippen LogP contribution in [0.3, 0.4) is 0 Å². The van der Waals surface area contributed by atoms with Crippen LogP contribution in [0.25, 0.3) is 0 Å². The van der Waals surface area contributed by atoms with Gasteiger partial charge in [-0.2, -0.15) is 0 Å². The van der Waals surface area contributed by atoms with Crippen LogP contribution in [-0.2, 0) is 14.8 Å². The number of halogens is 2. The fourth-order valence-corrected chi connectivity index (χ4v) is 3.52. The number of hydrogen-bond acceptors (Lipinski definition) is 5. The van der Waals surface area contributed by atoms with Crippen LogP contribution >= 0.6 is 0 Å². The molecule has 0 fully saturated rings. The number of nitrogens with zero attached hydrogens (tertiary/aromatic N) is 1. The van der Waals surface area contributed by atoms with Crippen molar-refractivity contribution in [1.29, 1.82) is 0 Å². The fourth-order valence-electron chi connectivity index (χ4n) is 2.52. The lowest BCUT2D eigenvalue weighted by atomic mass is 10.00. The first kappa shape index (κ1) is 21.0. The predicted octanol–water partition coefficient (Wildman–Crippen LogP) is 3.78. The first-order valence-electron chi connectivity index (χ1n) is 8.28. The maximum absolute atomic E-state index is 13.2. The van der Waals surface area contributed by atoms with E-state index in [-0.39, 0.29) is 22.2 Å². The summed E-state index contributed by atoms with van der Waals surface area (Å²) < 4.78 is 58.5. The average molecular weight is 399 g/mol. The molecule has 1 heterocycles. The summed E-state index contributed by atoms with van der Waals surface area (Å²) >= 11 is 0. The Morgan fingerprint density at radius 3 is 2.44 bits per heavy atom. The van der Waals surface area contributed by atoms with Crippen LogP contribution in [0.15, 0.2) is 41.4 Å². The van der Waals surface area contributed by atoms with Gasteiger partial charge in [-0.15, -0.1) is 0 Å². The Kier molecular flexibility index (Phi) is 6.38. The normalized spacial score (nSPS) is 13.3. The molecule has 2 aromatic rings. The van der Waals surface area contributed by atoms with E-state index in [9.17, 15) is 17.2 Å². The quantitative estimate of drug-likeness (QED) is 0.706. The lowest BCUT2D eigenvalue weighted by Crippen LogP contribution is -2.31. The zero-order valence-electron chi connectivity index (χ0n) is 15.6. The molecule has 0 aliphatic heterocycles. The van der Waals surface area contributed by atoms with Crippen molar-refractivity contribution >= 4 is 21.5 Å². The molecule has 9 heteroatoms. The van der Waals surface area contributed by atoms with Gasteiger partial charge in [-0.25, -0.2) is 22.2 Å². The summed E-state index contributed by atoms with van der Waals surface area (Å²) in [7, 11) is -2.33. The Hall–Kier alpha value is -2.26. The molecule has 0 saturated heterocycles. The molecule has 0 aliphatic rings. The van der Waals surface area contributed by atoms with E-state index in [2.05, 4.69) is 15.0 Å². The Labute approximate surface area is 158 Å². The molecular formula is C18H23F2N3O3S. The topological polar surface area (TPSA) is 80.3 Å². The van der Waals surface area contributed by atoms with Crippen molar-refractivity contribution in [2.75, 3.05) is 17.1 Å². The Bertz CT molecular complexity index is 887. The van der Waals surface area contributed by atoms with Gasteiger partial charge in [0, 0.05) is 25.4 Å². The highest BCUT2D eigenvalue weighted by molar-refractivity contribution is 7.92. The highest BCUT2D eigenvalue weighted by atomic mass is 32.2. The van der Waals surface area contributed by atoms with E-state index in [4.69, 9.17) is 4.74 Å². The summed E-state index contributed by atoms with van der Waals surface area (Å²) in [4.78, 5) is 4.01. The number of pyridine rings is 1. The monoisotopic (exact) mass is 399 g/mol. The number of aromatic nitrogens is 1. The molecule has 27 heavy (non-hydrogen) atoms. The molecule has 1 aromatic heterocycles. The zero-order valence-corrected chi connectivity index (χ0v) is 16.4. The van der Waals surface area contributed by atoms with E-state index in [0.29, 0.717) is 5.82 Å². The van der Waals surface area contributed by atoms with Crippen molar-refractivity contribution in [3.63, 3.8) is 0 Å². The second-order valence-electron chi connectivity index (χ2n) is 6.83. The highest BCUT2D eigenvalue weighted by Gasteiger charge is 2.21. The maximum Gasteiger partial charge on any atom is 0.263 e. The van der Waals surface area contributed by atoms with E-state index in [0.717, 1.165) is 24.6 Å². The second-order valence-corrected chi connectivity index (χ2v) is 8.51. The third-order valence-electron chi connectivity index (χ3n) is 3.96. The molecule has 1 aromatic carbocycles. The minimum Gasteiger partial charge on any atom is -0.379 e. The van der Waals surface area contributed by atoms with E-state index >= 15 is 0 Å². The summed E-state index contributed by atoms with van der Waals surface area (Å²) in [5, 5.41) is 3.18. The number of benzene rings is 1. The predicted molar refractivity (Wildman–Crippen MR) is 100 cm³/mol. The van der Waals surface area contributed by atoms with Crippen molar-refractivity contribution < 1.29 is 21.9 Å². The highest BCUT2D eigenvalue weighted by Crippen LogP contribution is 2.20. The van der Waals surface area contributed by atoms with Crippen molar-refractivity contribution in [3.8, 4) is 0 Å². The second kappa shape index (κ2) is 8.18. The summed E-state index contributed by atoms with van der Waals surface area (Å²) in [6, 6.07) is 5.73. The number of anilines is 2. The van der Waals surface area contributed by atoms with Gasteiger partial charge < -0.3 is 10.1 Å². The zero-order chi connectivity index (χ0) is 20.2. The summed E-state index contributed by atoms with van der Waals surface area (Å²) in [6.45, 7) is 5.91. The molecule has 1 unspecified atom stereocenters. The molecule has 0 aliphatic carbocycles. The minimum absolute atomic E-state index is 0.0511. The van der Waals surface area contributed by atoms with Gasteiger partial charge in [0.1, 0.15) is 10.7 Å². The van der Waals surface area contributed by atoms with Crippen LogP contribution in [0, 0.1) is 11.6 Å². The lowest BCUT2D eigenvalue weighted by Gasteiger charge is -2.27. The molecule has 2 rings (SSSR count). The van der Waals surface area contributed by atoms with Crippen LogP contribution in [-0.4, -0.2) is 32.2 Å². The third kappa shape index (κ3) is 5.86. The van der Waals surface area contributed by atoms with Gasteiger partial charge in [0.2, 0.25) is 0 Å². The van der Waals surface area contributed by atoms with Crippen molar-refractivity contribution in [1.82, 2.24) is 4.98 Å². The average Bonchev–Trinajstić information content (AvgIpc) is 2.58. The number of nitrogens with one attached hydrogen (secondary N) is 2. The van der Waals surface area contributed by atoms with Gasteiger partial charge in [-0.1, -0.05) is 0 Å². The van der Waals surface area contributed by atoms with Crippen molar-refractivity contribution in [3.05, 3.63) is 48.2 Å². The van der Waals surface area contributed by atoms with Gasteiger partial charge in [-0.05, 0) is 51.5 Å². The largest absolute Gasteiger partial charge is 0.379 e. The summed E-state index contributed by atoms with van der Waals surface area (Å²) in [5.74, 6) is -1.68. The molecule has 6 nitrogen and oxygen atoms in total. The molecule has 0 amide bonds. The summed E-state index contributed by atoms with van der Waals surface area (Å²) in [5.41, 5.74) is -0.379. The SMILES string of the molecule is COC(C)(C)CC(C)Nc1ccc(S(=O)(=O)Nc2ccc(F)c(F)c2)cn1. The molecule has 1 atom stereocenters. The van der Waals surface area contributed by atoms with Gasteiger partial charge >= 0.3 is 0 Å². The number of sulfonamides is 1. The Morgan fingerprint density at radius 2 is 1.89 bits per heavy atom. The maximum atomic E-state index is 13.2. The van der Waals surface area contributed by atoms with Crippen LogP contribution in [0.5, 0.6) is 0 Å². The fraction of sp³-hybridized carbons (Fsp3) is 0.389. The standard InChI is InChI=1S/C18H23F2N3O3S/c1-12(10-18(2,3)26-4)22-17-8-6-14(11-21-17)27(24,25)23-13-5-7-15(19)16(20)9-13/h5-9,11-12,23H,10H2,1-4H3,(H,21,22). The van der Waals surface area contributed by atoms with Crippen LogP contribution < -0.4 is 10.0 Å². The number of rotatable bonds is 8. The first-order valence-corrected chi connectivity index (χ1v) is 9.76. The Balaban J connectivity index is 2.07. The minimum atomic E-state index is -3.97. The van der Waals surface area contributed by atoms with E-state index in [1.807, 2.05) is 20.8 Å². The molecule has 148 valence electrons. The molecule has 0 radical (unpaired) electrons.